The van der Waals surface area contributed by atoms with E-state index in [9.17, 15) is 9.90 Å². The van der Waals surface area contributed by atoms with Gasteiger partial charge in [0.05, 0.1) is 11.6 Å². The molecule has 1 fully saturated rings. The fraction of sp³-hybridized carbons (Fsp3) is 0.929. The zero-order chi connectivity index (χ0) is 13.4. The maximum absolute atomic E-state index is 11.7. The first-order chi connectivity index (χ1) is 8.57. The Morgan fingerprint density at radius 3 is 2.44 bits per heavy atom. The van der Waals surface area contributed by atoms with Gasteiger partial charge in [0.1, 0.15) is 0 Å². The van der Waals surface area contributed by atoms with Gasteiger partial charge < -0.3 is 15.7 Å². The van der Waals surface area contributed by atoms with Crippen LogP contribution in [0.15, 0.2) is 0 Å². The summed E-state index contributed by atoms with van der Waals surface area (Å²) in [5.41, 5.74) is -0.615. The lowest BCUT2D eigenvalue weighted by atomic mass is 9.94. The number of amides is 1. The minimum absolute atomic E-state index is 0.0223. The molecule has 4 nitrogen and oxygen atoms in total. The quantitative estimate of drug-likeness (QED) is 0.632. The first-order valence-corrected chi connectivity index (χ1v) is 7.31. The topological polar surface area (TPSA) is 61.4 Å². The average Bonchev–Trinajstić information content (AvgIpc) is 2.58. The minimum Gasteiger partial charge on any atom is -0.389 e. The van der Waals surface area contributed by atoms with Gasteiger partial charge in [-0.15, -0.1) is 0 Å². The summed E-state index contributed by atoms with van der Waals surface area (Å²) in [6.07, 6.45) is 7.27. The average molecular weight is 256 g/mol. The summed E-state index contributed by atoms with van der Waals surface area (Å²) >= 11 is 0. The monoisotopic (exact) mass is 256 g/mol. The molecule has 1 unspecified atom stereocenters. The Morgan fingerprint density at radius 2 is 1.89 bits per heavy atom. The second-order valence-electron chi connectivity index (χ2n) is 5.53. The number of aliphatic hydroxyl groups is 1. The summed E-state index contributed by atoms with van der Waals surface area (Å²) in [5, 5.41) is 16.5. The summed E-state index contributed by atoms with van der Waals surface area (Å²) in [6.45, 7) is 5.13. The van der Waals surface area contributed by atoms with Crippen LogP contribution in [-0.2, 0) is 4.79 Å². The Morgan fingerprint density at radius 1 is 1.28 bits per heavy atom. The Balaban J connectivity index is 2.31. The molecule has 1 rings (SSSR count). The summed E-state index contributed by atoms with van der Waals surface area (Å²) in [7, 11) is 0. The van der Waals surface area contributed by atoms with Gasteiger partial charge in [-0.25, -0.2) is 0 Å². The molecule has 3 N–H and O–H groups in total. The second kappa shape index (κ2) is 7.74. The molecular weight excluding hydrogens is 228 g/mol. The van der Waals surface area contributed by atoms with Crippen LogP contribution in [0.25, 0.3) is 0 Å². The third-order valence-corrected chi connectivity index (χ3v) is 3.71. The molecule has 1 aliphatic rings. The maximum atomic E-state index is 11.7. The van der Waals surface area contributed by atoms with Crippen molar-refractivity contribution in [1.29, 1.82) is 0 Å². The van der Waals surface area contributed by atoms with Gasteiger partial charge in [0.25, 0.3) is 0 Å². The molecule has 1 aliphatic carbocycles. The molecule has 0 heterocycles. The molecule has 1 atom stereocenters. The van der Waals surface area contributed by atoms with Gasteiger partial charge in [0, 0.05) is 13.1 Å². The van der Waals surface area contributed by atoms with Crippen LogP contribution in [0.4, 0.5) is 0 Å². The van der Waals surface area contributed by atoms with Crippen molar-refractivity contribution in [2.75, 3.05) is 13.1 Å². The molecule has 1 saturated carbocycles. The Hall–Kier alpha value is -0.610. The SMILES string of the molecule is CCCNC(=O)C(C)NCC1(O)CCCCCC1. The van der Waals surface area contributed by atoms with Crippen LogP contribution >= 0.6 is 0 Å². The van der Waals surface area contributed by atoms with Crippen LogP contribution in [-0.4, -0.2) is 35.7 Å². The van der Waals surface area contributed by atoms with Crippen molar-refractivity contribution >= 4 is 5.91 Å². The van der Waals surface area contributed by atoms with Crippen LogP contribution < -0.4 is 10.6 Å². The van der Waals surface area contributed by atoms with Crippen LogP contribution in [0.1, 0.15) is 58.8 Å². The highest BCUT2D eigenvalue weighted by molar-refractivity contribution is 5.81. The molecule has 0 bridgehead atoms. The predicted octanol–water partition coefficient (Wildman–Crippen LogP) is 1.58. The fourth-order valence-electron chi connectivity index (χ4n) is 2.40. The van der Waals surface area contributed by atoms with E-state index in [-0.39, 0.29) is 11.9 Å². The summed E-state index contributed by atoms with van der Waals surface area (Å²) in [6, 6.07) is -0.233. The van der Waals surface area contributed by atoms with Crippen molar-refractivity contribution in [3.8, 4) is 0 Å². The van der Waals surface area contributed by atoms with Crippen molar-refractivity contribution in [3.63, 3.8) is 0 Å². The van der Waals surface area contributed by atoms with Crippen LogP contribution in [0.2, 0.25) is 0 Å². The number of hydrogen-bond acceptors (Lipinski definition) is 3. The lowest BCUT2D eigenvalue weighted by molar-refractivity contribution is -0.123. The number of carbonyl (C=O) groups is 1. The van der Waals surface area contributed by atoms with Crippen LogP contribution in [0.3, 0.4) is 0 Å². The third kappa shape index (κ3) is 5.36. The lowest BCUT2D eigenvalue weighted by Crippen LogP contribution is -2.49. The third-order valence-electron chi connectivity index (χ3n) is 3.71. The highest BCUT2D eigenvalue weighted by Crippen LogP contribution is 2.26. The summed E-state index contributed by atoms with van der Waals surface area (Å²) < 4.78 is 0. The molecule has 0 aromatic carbocycles. The highest BCUT2D eigenvalue weighted by atomic mass is 16.3. The second-order valence-corrected chi connectivity index (χ2v) is 5.53. The molecule has 0 radical (unpaired) electrons. The number of hydrogen-bond donors (Lipinski definition) is 3. The molecule has 0 spiro atoms. The number of rotatable bonds is 6. The maximum Gasteiger partial charge on any atom is 0.236 e. The van der Waals surface area contributed by atoms with E-state index in [1.54, 1.807) is 0 Å². The van der Waals surface area contributed by atoms with Crippen molar-refractivity contribution < 1.29 is 9.90 Å². The van der Waals surface area contributed by atoms with Crippen LogP contribution in [0, 0.1) is 0 Å². The van der Waals surface area contributed by atoms with Gasteiger partial charge in [-0.05, 0) is 26.2 Å². The van der Waals surface area contributed by atoms with Crippen molar-refractivity contribution in [2.45, 2.75) is 70.4 Å². The molecule has 18 heavy (non-hydrogen) atoms. The zero-order valence-electron chi connectivity index (χ0n) is 11.8. The minimum atomic E-state index is -0.615. The molecule has 0 aromatic heterocycles. The summed E-state index contributed by atoms with van der Waals surface area (Å²) in [4.78, 5) is 11.7. The van der Waals surface area contributed by atoms with Gasteiger partial charge >= 0.3 is 0 Å². The van der Waals surface area contributed by atoms with E-state index in [1.165, 1.54) is 12.8 Å². The fourth-order valence-corrected chi connectivity index (χ4v) is 2.40. The standard InChI is InChI=1S/C14H28N2O2/c1-3-10-15-13(17)12(2)16-11-14(18)8-6-4-5-7-9-14/h12,16,18H,3-11H2,1-2H3,(H,15,17). The number of nitrogens with one attached hydrogen (secondary N) is 2. The molecular formula is C14H28N2O2. The highest BCUT2D eigenvalue weighted by Gasteiger charge is 2.28. The van der Waals surface area contributed by atoms with Gasteiger partial charge in [-0.1, -0.05) is 32.6 Å². The van der Waals surface area contributed by atoms with Crippen LogP contribution in [0.5, 0.6) is 0 Å². The molecule has 4 heteroatoms. The first kappa shape index (κ1) is 15.4. The first-order valence-electron chi connectivity index (χ1n) is 7.31. The molecule has 0 aromatic rings. The van der Waals surface area contributed by atoms with E-state index >= 15 is 0 Å². The lowest BCUT2D eigenvalue weighted by Gasteiger charge is -2.28. The normalized spacial score (nSPS) is 21.1. The Kier molecular flexibility index (Phi) is 6.65. The molecule has 1 amide bonds. The van der Waals surface area contributed by atoms with E-state index in [2.05, 4.69) is 10.6 Å². The Labute approximate surface area is 111 Å². The van der Waals surface area contributed by atoms with E-state index in [1.807, 2.05) is 13.8 Å². The largest absolute Gasteiger partial charge is 0.389 e. The summed E-state index contributed by atoms with van der Waals surface area (Å²) in [5.74, 6) is 0.0223. The van der Waals surface area contributed by atoms with E-state index in [0.29, 0.717) is 6.54 Å². The van der Waals surface area contributed by atoms with Crippen molar-refractivity contribution in [2.24, 2.45) is 0 Å². The zero-order valence-corrected chi connectivity index (χ0v) is 11.8. The molecule has 0 aliphatic heterocycles. The van der Waals surface area contributed by atoms with E-state index in [0.717, 1.165) is 38.6 Å². The van der Waals surface area contributed by atoms with Gasteiger partial charge in [-0.3, -0.25) is 4.79 Å². The van der Waals surface area contributed by atoms with E-state index < -0.39 is 5.60 Å². The van der Waals surface area contributed by atoms with Gasteiger partial charge in [-0.2, -0.15) is 0 Å². The van der Waals surface area contributed by atoms with Gasteiger partial charge in [0.15, 0.2) is 0 Å². The van der Waals surface area contributed by atoms with Gasteiger partial charge in [0.2, 0.25) is 5.91 Å². The molecule has 106 valence electrons. The smallest absolute Gasteiger partial charge is 0.236 e. The Bertz CT molecular complexity index is 248. The van der Waals surface area contributed by atoms with E-state index in [4.69, 9.17) is 0 Å². The van der Waals surface area contributed by atoms with Crippen molar-refractivity contribution in [1.82, 2.24) is 10.6 Å². The predicted molar refractivity (Wildman–Crippen MR) is 73.4 cm³/mol. The van der Waals surface area contributed by atoms with Crippen molar-refractivity contribution in [3.05, 3.63) is 0 Å². The number of carbonyl (C=O) groups excluding carboxylic acids is 1. The molecule has 0 saturated heterocycles.